The van der Waals surface area contributed by atoms with E-state index in [-0.39, 0.29) is 11.8 Å². The third-order valence-corrected chi connectivity index (χ3v) is 3.43. The van der Waals surface area contributed by atoms with E-state index in [1.807, 2.05) is 30.3 Å². The van der Waals surface area contributed by atoms with Crippen LogP contribution in [0.5, 0.6) is 0 Å². The van der Waals surface area contributed by atoms with Crippen LogP contribution < -0.4 is 5.73 Å². The first-order chi connectivity index (χ1) is 7.75. The fourth-order valence-electron chi connectivity index (χ4n) is 2.11. The van der Waals surface area contributed by atoms with Gasteiger partial charge in [-0.2, -0.15) is 0 Å². The van der Waals surface area contributed by atoms with Crippen LogP contribution in [-0.2, 0) is 11.2 Å². The summed E-state index contributed by atoms with van der Waals surface area (Å²) in [5.41, 5.74) is 7.08. The number of carbonyl (C=O) groups excluding carboxylic acids is 1. The highest BCUT2D eigenvalue weighted by Gasteiger charge is 2.23. The standard InChI is InChI=1S/C14H19NO/c15-13(9-11-5-2-1-3-6-11)14(16)10-12-7-4-8-12/h1-3,5-6,12-13H,4,7-10,15H2. The predicted molar refractivity (Wildman–Crippen MR) is 65.1 cm³/mol. The molecule has 16 heavy (non-hydrogen) atoms. The highest BCUT2D eigenvalue weighted by Crippen LogP contribution is 2.29. The van der Waals surface area contributed by atoms with Crippen molar-refractivity contribution in [3.05, 3.63) is 35.9 Å². The zero-order valence-electron chi connectivity index (χ0n) is 9.56. The summed E-state index contributed by atoms with van der Waals surface area (Å²) >= 11 is 0. The van der Waals surface area contributed by atoms with E-state index in [0.717, 1.165) is 5.56 Å². The van der Waals surface area contributed by atoms with Crippen LogP contribution in [0.4, 0.5) is 0 Å². The van der Waals surface area contributed by atoms with E-state index in [0.29, 0.717) is 18.8 Å². The number of hydrogen-bond acceptors (Lipinski definition) is 2. The highest BCUT2D eigenvalue weighted by molar-refractivity contribution is 5.84. The second-order valence-corrected chi connectivity index (χ2v) is 4.76. The van der Waals surface area contributed by atoms with Crippen molar-refractivity contribution < 1.29 is 4.79 Å². The normalized spacial score (nSPS) is 17.8. The summed E-state index contributed by atoms with van der Waals surface area (Å²) in [7, 11) is 0. The minimum atomic E-state index is -0.317. The van der Waals surface area contributed by atoms with Crippen molar-refractivity contribution in [3.63, 3.8) is 0 Å². The van der Waals surface area contributed by atoms with Gasteiger partial charge in [0.1, 0.15) is 5.78 Å². The third kappa shape index (κ3) is 2.92. The molecular formula is C14H19NO. The monoisotopic (exact) mass is 217 g/mol. The van der Waals surface area contributed by atoms with E-state index in [4.69, 9.17) is 5.73 Å². The predicted octanol–water partition coefficient (Wildman–Crippen LogP) is 2.32. The first kappa shape index (κ1) is 11.3. The molecule has 2 rings (SSSR count). The number of benzene rings is 1. The Kier molecular flexibility index (Phi) is 3.73. The molecule has 0 aliphatic heterocycles. The zero-order valence-corrected chi connectivity index (χ0v) is 9.56. The average Bonchev–Trinajstić information content (AvgIpc) is 2.24. The molecule has 0 aromatic heterocycles. The Morgan fingerprint density at radius 2 is 2.00 bits per heavy atom. The molecule has 1 unspecified atom stereocenters. The molecule has 0 amide bonds. The Labute approximate surface area is 96.8 Å². The van der Waals surface area contributed by atoms with Gasteiger partial charge in [0.05, 0.1) is 6.04 Å². The molecule has 1 aromatic carbocycles. The molecule has 1 saturated carbocycles. The van der Waals surface area contributed by atoms with Crippen molar-refractivity contribution >= 4 is 5.78 Å². The van der Waals surface area contributed by atoms with Crippen LogP contribution in [0.3, 0.4) is 0 Å². The molecule has 1 atom stereocenters. The lowest BCUT2D eigenvalue weighted by molar-refractivity contribution is -0.121. The molecule has 0 heterocycles. The van der Waals surface area contributed by atoms with Crippen LogP contribution in [-0.4, -0.2) is 11.8 Å². The molecule has 0 spiro atoms. The maximum atomic E-state index is 11.8. The van der Waals surface area contributed by atoms with Crippen LogP contribution in [0, 0.1) is 5.92 Å². The molecule has 2 nitrogen and oxygen atoms in total. The lowest BCUT2D eigenvalue weighted by atomic mass is 9.80. The van der Waals surface area contributed by atoms with Crippen LogP contribution in [0.25, 0.3) is 0 Å². The minimum absolute atomic E-state index is 0.230. The summed E-state index contributed by atoms with van der Waals surface area (Å²) in [6.45, 7) is 0. The second kappa shape index (κ2) is 5.26. The summed E-state index contributed by atoms with van der Waals surface area (Å²) in [5.74, 6) is 0.850. The first-order valence-electron chi connectivity index (χ1n) is 6.08. The molecule has 1 aliphatic rings. The van der Waals surface area contributed by atoms with Crippen molar-refractivity contribution in [1.29, 1.82) is 0 Å². The summed E-state index contributed by atoms with van der Waals surface area (Å²) in [6.07, 6.45) is 5.07. The number of nitrogens with two attached hydrogens (primary N) is 1. The molecule has 1 aliphatic carbocycles. The van der Waals surface area contributed by atoms with Crippen LogP contribution in [0.2, 0.25) is 0 Å². The Morgan fingerprint density at radius 1 is 1.31 bits per heavy atom. The number of hydrogen-bond donors (Lipinski definition) is 1. The molecule has 0 saturated heterocycles. The summed E-state index contributed by atoms with van der Waals surface area (Å²) < 4.78 is 0. The van der Waals surface area contributed by atoms with Gasteiger partial charge in [-0.05, 0) is 17.9 Å². The lowest BCUT2D eigenvalue weighted by Gasteiger charge is -2.25. The number of Topliss-reactive ketones (excluding diaryl/α,β-unsaturated/α-hetero) is 1. The summed E-state index contributed by atoms with van der Waals surface area (Å²) in [4.78, 5) is 11.8. The SMILES string of the molecule is NC(Cc1ccccc1)C(=O)CC1CCC1. The highest BCUT2D eigenvalue weighted by atomic mass is 16.1. The maximum Gasteiger partial charge on any atom is 0.150 e. The van der Waals surface area contributed by atoms with E-state index < -0.39 is 0 Å². The molecule has 0 bridgehead atoms. The van der Waals surface area contributed by atoms with E-state index >= 15 is 0 Å². The van der Waals surface area contributed by atoms with Crippen LogP contribution in [0.15, 0.2) is 30.3 Å². The quantitative estimate of drug-likeness (QED) is 0.822. The lowest BCUT2D eigenvalue weighted by Crippen LogP contribution is -2.34. The number of carbonyl (C=O) groups is 1. The fraction of sp³-hybridized carbons (Fsp3) is 0.500. The molecule has 0 radical (unpaired) electrons. The van der Waals surface area contributed by atoms with Crippen molar-refractivity contribution in [2.24, 2.45) is 11.7 Å². The summed E-state index contributed by atoms with van der Waals surface area (Å²) in [6, 6.07) is 9.68. The Morgan fingerprint density at radius 3 is 2.56 bits per heavy atom. The minimum Gasteiger partial charge on any atom is -0.321 e. The summed E-state index contributed by atoms with van der Waals surface area (Å²) in [5, 5.41) is 0. The van der Waals surface area contributed by atoms with Crippen LogP contribution in [0.1, 0.15) is 31.2 Å². The van der Waals surface area contributed by atoms with Gasteiger partial charge in [-0.3, -0.25) is 4.79 Å². The Bertz CT molecular complexity index is 343. The van der Waals surface area contributed by atoms with Crippen molar-refractivity contribution in [1.82, 2.24) is 0 Å². The van der Waals surface area contributed by atoms with Gasteiger partial charge in [0, 0.05) is 6.42 Å². The number of ketones is 1. The van der Waals surface area contributed by atoms with Gasteiger partial charge in [-0.25, -0.2) is 0 Å². The van der Waals surface area contributed by atoms with Crippen molar-refractivity contribution in [3.8, 4) is 0 Å². The van der Waals surface area contributed by atoms with Gasteiger partial charge < -0.3 is 5.73 Å². The van der Waals surface area contributed by atoms with E-state index in [9.17, 15) is 4.79 Å². The number of rotatable bonds is 5. The van der Waals surface area contributed by atoms with E-state index in [2.05, 4.69) is 0 Å². The van der Waals surface area contributed by atoms with E-state index in [1.165, 1.54) is 19.3 Å². The van der Waals surface area contributed by atoms with Gasteiger partial charge >= 0.3 is 0 Å². The smallest absolute Gasteiger partial charge is 0.150 e. The molecule has 1 fully saturated rings. The fourth-order valence-corrected chi connectivity index (χ4v) is 2.11. The van der Waals surface area contributed by atoms with Gasteiger partial charge in [0.15, 0.2) is 0 Å². The average molecular weight is 217 g/mol. The van der Waals surface area contributed by atoms with Crippen molar-refractivity contribution in [2.45, 2.75) is 38.1 Å². The molecule has 86 valence electrons. The zero-order chi connectivity index (χ0) is 11.4. The molecular weight excluding hydrogens is 198 g/mol. The van der Waals surface area contributed by atoms with Crippen molar-refractivity contribution in [2.75, 3.05) is 0 Å². The topological polar surface area (TPSA) is 43.1 Å². The second-order valence-electron chi connectivity index (χ2n) is 4.76. The third-order valence-electron chi connectivity index (χ3n) is 3.43. The first-order valence-corrected chi connectivity index (χ1v) is 6.08. The Hall–Kier alpha value is -1.15. The molecule has 1 aromatic rings. The molecule has 2 heteroatoms. The van der Waals surface area contributed by atoms with Gasteiger partial charge in [0.2, 0.25) is 0 Å². The van der Waals surface area contributed by atoms with Gasteiger partial charge in [-0.15, -0.1) is 0 Å². The maximum absolute atomic E-state index is 11.8. The van der Waals surface area contributed by atoms with Crippen LogP contribution >= 0.6 is 0 Å². The molecule has 2 N–H and O–H groups in total. The van der Waals surface area contributed by atoms with E-state index in [1.54, 1.807) is 0 Å². The van der Waals surface area contributed by atoms with Gasteiger partial charge in [0.25, 0.3) is 0 Å². The van der Waals surface area contributed by atoms with Gasteiger partial charge in [-0.1, -0.05) is 49.6 Å². The largest absolute Gasteiger partial charge is 0.321 e. The Balaban J connectivity index is 1.82.